The molecule has 15 heavy (non-hydrogen) atoms. The van der Waals surface area contributed by atoms with Gasteiger partial charge in [0.15, 0.2) is 0 Å². The van der Waals surface area contributed by atoms with Gasteiger partial charge in [0.25, 0.3) is 0 Å². The second-order valence-electron chi connectivity index (χ2n) is 4.99. The second-order valence-corrected chi connectivity index (χ2v) is 4.99. The predicted octanol–water partition coefficient (Wildman–Crippen LogP) is 1.08. The van der Waals surface area contributed by atoms with E-state index in [1.807, 2.05) is 13.8 Å². The number of hydrogen-bond donors (Lipinski definition) is 1. The third kappa shape index (κ3) is 3.18. The molecule has 1 unspecified atom stereocenters. The molecule has 0 aliphatic carbocycles. The fraction of sp³-hybridized carbons (Fsp3) is 0.909. The molecular formula is C11H21NO3. The molecule has 1 saturated heterocycles. The van der Waals surface area contributed by atoms with Crippen molar-refractivity contribution in [2.24, 2.45) is 11.1 Å². The molecule has 1 aliphatic rings. The number of carbonyl (C=O) groups excluding carboxylic acids is 1. The summed E-state index contributed by atoms with van der Waals surface area (Å²) in [5, 5.41) is 0. The molecule has 1 rings (SSSR count). The fourth-order valence-electron chi connectivity index (χ4n) is 2.36. The Labute approximate surface area is 91.1 Å². The number of carbonyl (C=O) groups is 1. The molecule has 1 fully saturated rings. The van der Waals surface area contributed by atoms with E-state index in [9.17, 15) is 4.79 Å². The summed E-state index contributed by atoms with van der Waals surface area (Å²) in [6.45, 7) is 5.25. The van der Waals surface area contributed by atoms with Crippen LogP contribution in [0.15, 0.2) is 0 Å². The molecule has 0 saturated carbocycles. The Bertz CT molecular complexity index is 240. The number of methoxy groups -OCH3 is 1. The highest BCUT2D eigenvalue weighted by Crippen LogP contribution is 2.40. The van der Waals surface area contributed by atoms with Crippen LogP contribution in [0.25, 0.3) is 0 Å². The van der Waals surface area contributed by atoms with Crippen molar-refractivity contribution in [2.75, 3.05) is 20.3 Å². The van der Waals surface area contributed by atoms with Crippen molar-refractivity contribution in [3.63, 3.8) is 0 Å². The van der Waals surface area contributed by atoms with Gasteiger partial charge in [-0.25, -0.2) is 0 Å². The number of ether oxygens (including phenoxy) is 2. The zero-order chi connectivity index (χ0) is 11.5. The number of nitrogens with two attached hydrogens (primary N) is 1. The molecule has 0 aromatic heterocycles. The minimum absolute atomic E-state index is 0.144. The van der Waals surface area contributed by atoms with Gasteiger partial charge in [0, 0.05) is 6.61 Å². The van der Waals surface area contributed by atoms with Gasteiger partial charge in [0.05, 0.1) is 19.1 Å². The summed E-state index contributed by atoms with van der Waals surface area (Å²) in [6, 6.07) is 0. The Balaban J connectivity index is 2.71. The van der Waals surface area contributed by atoms with Gasteiger partial charge in [0.2, 0.25) is 0 Å². The van der Waals surface area contributed by atoms with Gasteiger partial charge in [-0.3, -0.25) is 4.79 Å². The Kier molecular flexibility index (Phi) is 3.73. The molecule has 2 N–H and O–H groups in total. The van der Waals surface area contributed by atoms with Gasteiger partial charge in [0.1, 0.15) is 0 Å². The minimum Gasteiger partial charge on any atom is -0.469 e. The van der Waals surface area contributed by atoms with E-state index >= 15 is 0 Å². The van der Waals surface area contributed by atoms with Crippen molar-refractivity contribution in [3.05, 3.63) is 0 Å². The van der Waals surface area contributed by atoms with Gasteiger partial charge >= 0.3 is 5.97 Å². The molecule has 4 nitrogen and oxygen atoms in total. The van der Waals surface area contributed by atoms with Crippen molar-refractivity contribution >= 4 is 5.97 Å². The molecule has 1 aliphatic heterocycles. The first-order valence-corrected chi connectivity index (χ1v) is 5.34. The van der Waals surface area contributed by atoms with Crippen LogP contribution in [0, 0.1) is 5.41 Å². The van der Waals surface area contributed by atoms with E-state index in [1.165, 1.54) is 7.11 Å². The number of esters is 1. The van der Waals surface area contributed by atoms with E-state index in [1.54, 1.807) is 0 Å². The van der Waals surface area contributed by atoms with Crippen LogP contribution < -0.4 is 5.73 Å². The maximum atomic E-state index is 11.3. The van der Waals surface area contributed by atoms with Crippen LogP contribution in [0.1, 0.15) is 33.1 Å². The van der Waals surface area contributed by atoms with E-state index in [4.69, 9.17) is 15.2 Å². The van der Waals surface area contributed by atoms with E-state index in [2.05, 4.69) is 0 Å². The molecule has 0 radical (unpaired) electrons. The first kappa shape index (κ1) is 12.5. The topological polar surface area (TPSA) is 61.5 Å². The van der Waals surface area contributed by atoms with Crippen LogP contribution in [0.5, 0.6) is 0 Å². The average Bonchev–Trinajstić information content (AvgIpc) is 2.16. The third-order valence-electron chi connectivity index (χ3n) is 3.11. The van der Waals surface area contributed by atoms with Crippen molar-refractivity contribution in [3.8, 4) is 0 Å². The SMILES string of the molecule is COC(=O)CC1(CN)CCOC(C)(C)C1. The first-order valence-electron chi connectivity index (χ1n) is 5.34. The molecule has 0 aromatic rings. The van der Waals surface area contributed by atoms with E-state index < -0.39 is 0 Å². The van der Waals surface area contributed by atoms with Gasteiger partial charge in [-0.1, -0.05) is 0 Å². The summed E-state index contributed by atoms with van der Waals surface area (Å²) in [5.74, 6) is -0.182. The van der Waals surface area contributed by atoms with Gasteiger partial charge in [-0.15, -0.1) is 0 Å². The van der Waals surface area contributed by atoms with Crippen molar-refractivity contribution in [1.29, 1.82) is 0 Å². The monoisotopic (exact) mass is 215 g/mol. The largest absolute Gasteiger partial charge is 0.469 e. The highest BCUT2D eigenvalue weighted by Gasteiger charge is 2.41. The minimum atomic E-state index is -0.189. The van der Waals surface area contributed by atoms with E-state index in [0.717, 1.165) is 12.8 Å². The van der Waals surface area contributed by atoms with Crippen molar-refractivity contribution in [2.45, 2.75) is 38.7 Å². The zero-order valence-corrected chi connectivity index (χ0v) is 9.84. The lowest BCUT2D eigenvalue weighted by Crippen LogP contribution is -2.46. The van der Waals surface area contributed by atoms with Gasteiger partial charge in [-0.05, 0) is 38.6 Å². The molecular weight excluding hydrogens is 194 g/mol. The molecule has 88 valence electrons. The first-order chi connectivity index (χ1) is 6.93. The normalized spacial score (nSPS) is 29.9. The molecule has 1 atom stereocenters. The maximum Gasteiger partial charge on any atom is 0.306 e. The average molecular weight is 215 g/mol. The Morgan fingerprint density at radius 2 is 2.20 bits per heavy atom. The van der Waals surface area contributed by atoms with Gasteiger partial charge < -0.3 is 15.2 Å². The highest BCUT2D eigenvalue weighted by atomic mass is 16.5. The maximum absolute atomic E-state index is 11.3. The van der Waals surface area contributed by atoms with Crippen LogP contribution in [0.2, 0.25) is 0 Å². The summed E-state index contributed by atoms with van der Waals surface area (Å²) in [7, 11) is 1.41. The zero-order valence-electron chi connectivity index (χ0n) is 9.84. The van der Waals surface area contributed by atoms with Crippen LogP contribution in [0.4, 0.5) is 0 Å². The Morgan fingerprint density at radius 1 is 1.53 bits per heavy atom. The van der Waals surface area contributed by atoms with Crippen LogP contribution >= 0.6 is 0 Å². The van der Waals surface area contributed by atoms with Crippen molar-refractivity contribution < 1.29 is 14.3 Å². The summed E-state index contributed by atoms with van der Waals surface area (Å²) < 4.78 is 10.3. The van der Waals surface area contributed by atoms with Crippen LogP contribution in [-0.4, -0.2) is 31.8 Å². The smallest absolute Gasteiger partial charge is 0.306 e. The summed E-state index contributed by atoms with van der Waals surface area (Å²) in [5.41, 5.74) is 5.47. The van der Waals surface area contributed by atoms with Crippen LogP contribution in [-0.2, 0) is 14.3 Å². The van der Waals surface area contributed by atoms with Crippen molar-refractivity contribution in [1.82, 2.24) is 0 Å². The lowest BCUT2D eigenvalue weighted by Gasteiger charge is -2.43. The lowest BCUT2D eigenvalue weighted by molar-refractivity contribution is -0.150. The molecule has 0 amide bonds. The van der Waals surface area contributed by atoms with E-state index in [-0.39, 0.29) is 17.0 Å². The third-order valence-corrected chi connectivity index (χ3v) is 3.11. The fourth-order valence-corrected chi connectivity index (χ4v) is 2.36. The number of hydrogen-bond acceptors (Lipinski definition) is 4. The molecule has 4 heteroatoms. The second kappa shape index (κ2) is 4.49. The predicted molar refractivity (Wildman–Crippen MR) is 57.4 cm³/mol. The highest BCUT2D eigenvalue weighted by molar-refractivity contribution is 5.70. The van der Waals surface area contributed by atoms with Crippen LogP contribution in [0.3, 0.4) is 0 Å². The summed E-state index contributed by atoms with van der Waals surface area (Å²) in [4.78, 5) is 11.3. The van der Waals surface area contributed by atoms with Gasteiger partial charge in [-0.2, -0.15) is 0 Å². The molecule has 0 bridgehead atoms. The Hall–Kier alpha value is -0.610. The molecule has 0 aromatic carbocycles. The molecule has 1 heterocycles. The summed E-state index contributed by atoms with van der Waals surface area (Å²) in [6.07, 6.45) is 2.04. The van der Waals surface area contributed by atoms with E-state index in [0.29, 0.717) is 19.6 Å². The quantitative estimate of drug-likeness (QED) is 0.716. The molecule has 0 spiro atoms. The number of rotatable bonds is 3. The summed E-state index contributed by atoms with van der Waals surface area (Å²) >= 11 is 0. The standard InChI is InChI=1S/C11H21NO3/c1-10(2)7-11(8-12,4-5-15-10)6-9(13)14-3/h4-8,12H2,1-3H3. The Morgan fingerprint density at radius 3 is 2.67 bits per heavy atom. The lowest BCUT2D eigenvalue weighted by atomic mass is 9.72.